The summed E-state index contributed by atoms with van der Waals surface area (Å²) in [5.74, 6) is 1.96. The maximum atomic E-state index is 11.5. The zero-order valence-corrected chi connectivity index (χ0v) is 25.1. The fourth-order valence-corrected chi connectivity index (χ4v) is 6.62. The van der Waals surface area contributed by atoms with Crippen LogP contribution in [-0.2, 0) is 19.1 Å². The van der Waals surface area contributed by atoms with Gasteiger partial charge in [0, 0.05) is 22.9 Å². The molecule has 0 aromatic heterocycles. The Bertz CT molecular complexity index is 1020. The number of carbonyl (C=O) groups is 2. The summed E-state index contributed by atoms with van der Waals surface area (Å²) in [6.07, 6.45) is 9.32. The van der Waals surface area contributed by atoms with Crippen molar-refractivity contribution < 1.29 is 29.3 Å². The molecule has 0 saturated heterocycles. The summed E-state index contributed by atoms with van der Waals surface area (Å²) >= 11 is 12.4. The highest BCUT2D eigenvalue weighted by Crippen LogP contribution is 2.41. The van der Waals surface area contributed by atoms with E-state index in [4.69, 9.17) is 32.7 Å². The highest BCUT2D eigenvalue weighted by atomic mass is 35.5. The molecule has 2 aliphatic carbocycles. The lowest BCUT2D eigenvalue weighted by Crippen LogP contribution is -2.18. The Balaban J connectivity index is 0.000000220. The second-order valence-corrected chi connectivity index (χ2v) is 11.7. The van der Waals surface area contributed by atoms with Crippen molar-refractivity contribution in [3.8, 4) is 11.5 Å². The summed E-state index contributed by atoms with van der Waals surface area (Å²) in [5.41, 5.74) is 2.22. The van der Waals surface area contributed by atoms with E-state index in [1.165, 1.54) is 0 Å². The van der Waals surface area contributed by atoms with E-state index in [0.29, 0.717) is 59.8 Å². The number of rotatable bonds is 8. The fraction of sp³-hybridized carbons (Fsp3) is 0.562. The summed E-state index contributed by atoms with van der Waals surface area (Å²) < 4.78 is 10.0. The molecule has 0 aliphatic heterocycles. The summed E-state index contributed by atoms with van der Waals surface area (Å²) in [6, 6.07) is 10.4. The largest absolute Gasteiger partial charge is 0.508 e. The van der Waals surface area contributed by atoms with Crippen molar-refractivity contribution in [1.29, 1.82) is 0 Å². The topological polar surface area (TPSA) is 93.1 Å². The quantitative estimate of drug-likeness (QED) is 0.298. The average Bonchev–Trinajstić information content (AvgIpc) is 2.91. The van der Waals surface area contributed by atoms with Crippen LogP contribution in [0.25, 0.3) is 0 Å². The number of halogens is 2. The van der Waals surface area contributed by atoms with Gasteiger partial charge >= 0.3 is 11.9 Å². The summed E-state index contributed by atoms with van der Waals surface area (Å²) in [5, 5.41) is 20.1. The van der Waals surface area contributed by atoms with Gasteiger partial charge in [0.15, 0.2) is 0 Å². The number of benzene rings is 2. The molecule has 0 unspecified atom stereocenters. The van der Waals surface area contributed by atoms with Crippen LogP contribution in [0.15, 0.2) is 36.4 Å². The first-order valence-corrected chi connectivity index (χ1v) is 15.2. The molecule has 2 fully saturated rings. The van der Waals surface area contributed by atoms with Crippen LogP contribution in [0.1, 0.15) is 101 Å². The van der Waals surface area contributed by atoms with Gasteiger partial charge in [-0.1, -0.05) is 35.3 Å². The lowest BCUT2D eigenvalue weighted by Gasteiger charge is -2.28. The molecule has 0 heterocycles. The molecule has 2 aliphatic rings. The zero-order valence-electron chi connectivity index (χ0n) is 23.5. The Labute approximate surface area is 248 Å². The molecule has 40 heavy (non-hydrogen) atoms. The van der Waals surface area contributed by atoms with E-state index in [1.54, 1.807) is 24.3 Å². The molecule has 2 N–H and O–H groups in total. The highest BCUT2D eigenvalue weighted by Gasteiger charge is 2.27. The molecule has 8 heteroatoms. The van der Waals surface area contributed by atoms with E-state index in [9.17, 15) is 19.8 Å². The smallest absolute Gasteiger partial charge is 0.306 e. The van der Waals surface area contributed by atoms with Gasteiger partial charge in [-0.3, -0.25) is 9.59 Å². The molecule has 0 amide bonds. The van der Waals surface area contributed by atoms with Gasteiger partial charge in [-0.15, -0.1) is 0 Å². The molecule has 2 saturated carbocycles. The Morgan fingerprint density at radius 3 is 1.32 bits per heavy atom. The molecule has 0 radical (unpaired) electrons. The van der Waals surface area contributed by atoms with E-state index in [0.717, 1.165) is 62.5 Å². The van der Waals surface area contributed by atoms with Gasteiger partial charge in [0.1, 0.15) is 11.5 Å². The normalized spacial score (nSPS) is 22.5. The van der Waals surface area contributed by atoms with Crippen molar-refractivity contribution in [2.45, 2.75) is 89.9 Å². The Hall–Kier alpha value is -2.44. The van der Waals surface area contributed by atoms with E-state index < -0.39 is 0 Å². The van der Waals surface area contributed by atoms with Crippen LogP contribution in [0.2, 0.25) is 10.0 Å². The van der Waals surface area contributed by atoms with Crippen LogP contribution >= 0.6 is 23.2 Å². The van der Waals surface area contributed by atoms with E-state index in [-0.39, 0.29) is 23.4 Å². The molecule has 220 valence electrons. The second-order valence-electron chi connectivity index (χ2n) is 10.9. The van der Waals surface area contributed by atoms with E-state index in [2.05, 4.69) is 0 Å². The predicted octanol–water partition coefficient (Wildman–Crippen LogP) is 8.55. The molecule has 2 aromatic rings. The van der Waals surface area contributed by atoms with Gasteiger partial charge in [-0.05, 0) is 124 Å². The van der Waals surface area contributed by atoms with Crippen LogP contribution in [0, 0.1) is 11.8 Å². The van der Waals surface area contributed by atoms with Crippen LogP contribution in [0.5, 0.6) is 11.5 Å². The maximum Gasteiger partial charge on any atom is 0.306 e. The van der Waals surface area contributed by atoms with Gasteiger partial charge in [0.25, 0.3) is 0 Å². The second kappa shape index (κ2) is 16.1. The molecular formula is C32H42Cl2O6. The molecular weight excluding hydrogens is 551 g/mol. The van der Waals surface area contributed by atoms with Crippen LogP contribution in [0.4, 0.5) is 0 Å². The predicted molar refractivity (Wildman–Crippen MR) is 158 cm³/mol. The highest BCUT2D eigenvalue weighted by molar-refractivity contribution is 6.31. The number of hydrogen-bond acceptors (Lipinski definition) is 6. The average molecular weight is 594 g/mol. The lowest BCUT2D eigenvalue weighted by molar-refractivity contribution is -0.145. The summed E-state index contributed by atoms with van der Waals surface area (Å²) in [7, 11) is 0. The Morgan fingerprint density at radius 2 is 1.02 bits per heavy atom. The van der Waals surface area contributed by atoms with Crippen molar-refractivity contribution >= 4 is 35.1 Å². The third-order valence-electron chi connectivity index (χ3n) is 8.06. The first-order valence-electron chi connectivity index (χ1n) is 14.5. The number of hydrogen-bond donors (Lipinski definition) is 2. The SMILES string of the molecule is CCOC(=O)CC1CCC(c2ccc(O)cc2Cl)CC1.CCOC(=O)CC1CCC(c2ccc(O)cc2Cl)CC1. The van der Waals surface area contributed by atoms with Crippen molar-refractivity contribution in [2.75, 3.05) is 13.2 Å². The molecule has 4 rings (SSSR count). The van der Waals surface area contributed by atoms with Crippen LogP contribution in [-0.4, -0.2) is 35.4 Å². The Morgan fingerprint density at radius 1 is 0.675 bits per heavy atom. The minimum Gasteiger partial charge on any atom is -0.508 e. The van der Waals surface area contributed by atoms with Crippen LogP contribution < -0.4 is 0 Å². The van der Waals surface area contributed by atoms with Gasteiger partial charge < -0.3 is 19.7 Å². The van der Waals surface area contributed by atoms with E-state index in [1.807, 2.05) is 26.0 Å². The molecule has 0 atom stereocenters. The molecule has 0 spiro atoms. The monoisotopic (exact) mass is 592 g/mol. The molecule has 2 aromatic carbocycles. The van der Waals surface area contributed by atoms with Crippen molar-refractivity contribution in [3.63, 3.8) is 0 Å². The zero-order chi connectivity index (χ0) is 29.1. The fourth-order valence-electron chi connectivity index (χ4n) is 5.96. The first kappa shape index (κ1) is 32.1. The van der Waals surface area contributed by atoms with Gasteiger partial charge in [0.05, 0.1) is 13.2 Å². The number of phenols is 2. The number of esters is 2. The lowest BCUT2D eigenvalue weighted by atomic mass is 9.77. The van der Waals surface area contributed by atoms with E-state index >= 15 is 0 Å². The number of aromatic hydroxyl groups is 2. The molecule has 0 bridgehead atoms. The minimum atomic E-state index is -0.0846. The summed E-state index contributed by atoms with van der Waals surface area (Å²) in [6.45, 7) is 4.58. The number of ether oxygens (including phenoxy) is 2. The van der Waals surface area contributed by atoms with Crippen molar-refractivity contribution in [2.24, 2.45) is 11.8 Å². The van der Waals surface area contributed by atoms with Gasteiger partial charge in [0.2, 0.25) is 0 Å². The minimum absolute atomic E-state index is 0.0846. The molecule has 6 nitrogen and oxygen atoms in total. The van der Waals surface area contributed by atoms with Crippen LogP contribution in [0.3, 0.4) is 0 Å². The third kappa shape index (κ3) is 9.88. The standard InChI is InChI=1S/2C16H21ClO3/c2*1-2-20-16(19)9-11-3-5-12(6-4-11)14-8-7-13(18)10-15(14)17/h2*7-8,10-12,18H,2-6,9H2,1H3. The van der Waals surface area contributed by atoms with Crippen molar-refractivity contribution in [1.82, 2.24) is 0 Å². The number of phenolic OH excluding ortho intramolecular Hbond substituents is 2. The maximum absolute atomic E-state index is 11.5. The van der Waals surface area contributed by atoms with Crippen molar-refractivity contribution in [3.05, 3.63) is 57.6 Å². The number of carbonyl (C=O) groups excluding carboxylic acids is 2. The van der Waals surface area contributed by atoms with Gasteiger partial charge in [-0.25, -0.2) is 0 Å². The van der Waals surface area contributed by atoms with Gasteiger partial charge in [-0.2, -0.15) is 0 Å². The Kier molecular flexibility index (Phi) is 12.9. The summed E-state index contributed by atoms with van der Waals surface area (Å²) in [4.78, 5) is 23.0. The first-order chi connectivity index (χ1) is 19.2. The third-order valence-corrected chi connectivity index (χ3v) is 8.72.